The van der Waals surface area contributed by atoms with E-state index in [1.54, 1.807) is 0 Å². The fraction of sp³-hybridized carbons (Fsp3) is 0.800. The molecule has 102 valence electrons. The third-order valence-electron chi connectivity index (χ3n) is 4.16. The van der Waals surface area contributed by atoms with Crippen LogP contribution in [-0.4, -0.2) is 15.8 Å². The highest BCUT2D eigenvalue weighted by Crippen LogP contribution is 2.31. The van der Waals surface area contributed by atoms with E-state index in [-0.39, 0.29) is 0 Å². The van der Waals surface area contributed by atoms with Crippen molar-refractivity contribution in [2.75, 3.05) is 5.32 Å². The second kappa shape index (κ2) is 5.77. The van der Waals surface area contributed by atoms with Gasteiger partial charge in [-0.05, 0) is 38.5 Å². The summed E-state index contributed by atoms with van der Waals surface area (Å²) in [5.74, 6) is 1.70. The monoisotopic (exact) mass is 249 g/mol. The van der Waals surface area contributed by atoms with Gasteiger partial charge in [-0.25, -0.2) is 0 Å². The number of hydrogen-bond donors (Lipinski definition) is 1. The third kappa shape index (κ3) is 3.27. The van der Waals surface area contributed by atoms with Crippen molar-refractivity contribution in [1.82, 2.24) is 9.78 Å². The van der Waals surface area contributed by atoms with Gasteiger partial charge in [0.15, 0.2) is 0 Å². The standard InChI is InChI=1S/C15H27N3/c1-11(2)13-6-5-7-14(8-13)17-15-9-16-18(10-15)12(3)4/h9-14,17H,5-8H2,1-4H3. The van der Waals surface area contributed by atoms with Crippen molar-refractivity contribution in [2.24, 2.45) is 11.8 Å². The van der Waals surface area contributed by atoms with E-state index in [0.717, 1.165) is 11.8 Å². The Morgan fingerprint density at radius 2 is 2.06 bits per heavy atom. The predicted octanol–water partition coefficient (Wildman–Crippen LogP) is 4.09. The van der Waals surface area contributed by atoms with Crippen LogP contribution in [0, 0.1) is 11.8 Å². The quantitative estimate of drug-likeness (QED) is 0.871. The van der Waals surface area contributed by atoms with Gasteiger partial charge >= 0.3 is 0 Å². The topological polar surface area (TPSA) is 29.9 Å². The molecule has 0 amide bonds. The fourth-order valence-electron chi connectivity index (χ4n) is 2.89. The van der Waals surface area contributed by atoms with E-state index < -0.39 is 0 Å². The SMILES string of the molecule is CC(C)C1CCCC(Nc2cnn(C(C)C)c2)C1. The van der Waals surface area contributed by atoms with Crippen LogP contribution in [0.5, 0.6) is 0 Å². The highest BCUT2D eigenvalue weighted by atomic mass is 15.3. The molecular weight excluding hydrogens is 222 g/mol. The Balaban J connectivity index is 1.92. The highest BCUT2D eigenvalue weighted by Gasteiger charge is 2.24. The van der Waals surface area contributed by atoms with Gasteiger partial charge in [0.1, 0.15) is 0 Å². The van der Waals surface area contributed by atoms with Crippen molar-refractivity contribution in [3.05, 3.63) is 12.4 Å². The zero-order chi connectivity index (χ0) is 13.1. The molecule has 0 aliphatic heterocycles. The minimum Gasteiger partial charge on any atom is -0.380 e. The Morgan fingerprint density at radius 1 is 1.28 bits per heavy atom. The maximum absolute atomic E-state index is 4.39. The van der Waals surface area contributed by atoms with Crippen LogP contribution in [0.15, 0.2) is 12.4 Å². The molecule has 1 aromatic heterocycles. The van der Waals surface area contributed by atoms with E-state index in [4.69, 9.17) is 0 Å². The van der Waals surface area contributed by atoms with Gasteiger partial charge in [-0.3, -0.25) is 4.68 Å². The first-order chi connectivity index (χ1) is 8.56. The van der Waals surface area contributed by atoms with Crippen molar-refractivity contribution in [3.63, 3.8) is 0 Å². The lowest BCUT2D eigenvalue weighted by Gasteiger charge is -2.32. The van der Waals surface area contributed by atoms with Gasteiger partial charge < -0.3 is 5.32 Å². The molecule has 0 aromatic carbocycles. The van der Waals surface area contributed by atoms with E-state index in [0.29, 0.717) is 12.1 Å². The molecule has 0 saturated heterocycles. The lowest BCUT2D eigenvalue weighted by Crippen LogP contribution is -2.29. The van der Waals surface area contributed by atoms with Gasteiger partial charge in [-0.1, -0.05) is 26.7 Å². The largest absolute Gasteiger partial charge is 0.380 e. The van der Waals surface area contributed by atoms with Crippen molar-refractivity contribution in [2.45, 2.75) is 65.5 Å². The molecular formula is C15H27N3. The van der Waals surface area contributed by atoms with Crippen LogP contribution in [0.2, 0.25) is 0 Å². The molecule has 2 unspecified atom stereocenters. The van der Waals surface area contributed by atoms with Gasteiger partial charge in [0, 0.05) is 18.3 Å². The van der Waals surface area contributed by atoms with Crippen LogP contribution in [0.4, 0.5) is 5.69 Å². The van der Waals surface area contributed by atoms with E-state index in [1.165, 1.54) is 31.4 Å². The minimum atomic E-state index is 0.440. The number of aromatic nitrogens is 2. The average Bonchev–Trinajstić information content (AvgIpc) is 2.78. The molecule has 1 heterocycles. The molecule has 0 bridgehead atoms. The Hall–Kier alpha value is -0.990. The first-order valence-electron chi connectivity index (χ1n) is 7.37. The molecule has 18 heavy (non-hydrogen) atoms. The van der Waals surface area contributed by atoms with E-state index >= 15 is 0 Å². The molecule has 1 N–H and O–H groups in total. The predicted molar refractivity (Wildman–Crippen MR) is 76.8 cm³/mol. The molecule has 0 spiro atoms. The van der Waals surface area contributed by atoms with Gasteiger partial charge in [0.2, 0.25) is 0 Å². The highest BCUT2D eigenvalue weighted by molar-refractivity contribution is 5.39. The number of rotatable bonds is 4. The molecule has 2 atom stereocenters. The first-order valence-corrected chi connectivity index (χ1v) is 7.37. The summed E-state index contributed by atoms with van der Waals surface area (Å²) in [6.07, 6.45) is 9.46. The zero-order valence-corrected chi connectivity index (χ0v) is 12.2. The molecule has 1 fully saturated rings. The molecule has 1 saturated carbocycles. The van der Waals surface area contributed by atoms with Crippen LogP contribution in [0.3, 0.4) is 0 Å². The smallest absolute Gasteiger partial charge is 0.0728 e. The molecule has 0 radical (unpaired) electrons. The van der Waals surface area contributed by atoms with E-state index in [9.17, 15) is 0 Å². The second-order valence-corrected chi connectivity index (χ2v) is 6.31. The Morgan fingerprint density at radius 3 is 2.67 bits per heavy atom. The van der Waals surface area contributed by atoms with Crippen LogP contribution in [-0.2, 0) is 0 Å². The summed E-state index contributed by atoms with van der Waals surface area (Å²) in [5, 5.41) is 8.05. The molecule has 3 heteroatoms. The first kappa shape index (κ1) is 13.4. The zero-order valence-electron chi connectivity index (χ0n) is 12.2. The summed E-state index contributed by atoms with van der Waals surface area (Å²) in [6.45, 7) is 9.02. The van der Waals surface area contributed by atoms with Crippen LogP contribution in [0.1, 0.15) is 59.4 Å². The van der Waals surface area contributed by atoms with Gasteiger partial charge in [-0.2, -0.15) is 5.10 Å². The number of nitrogens with one attached hydrogen (secondary N) is 1. The van der Waals surface area contributed by atoms with Crippen molar-refractivity contribution < 1.29 is 0 Å². The minimum absolute atomic E-state index is 0.440. The van der Waals surface area contributed by atoms with Crippen molar-refractivity contribution >= 4 is 5.69 Å². The lowest BCUT2D eigenvalue weighted by molar-refractivity contribution is 0.264. The summed E-state index contributed by atoms with van der Waals surface area (Å²) in [7, 11) is 0. The van der Waals surface area contributed by atoms with E-state index in [1.807, 2.05) is 10.9 Å². The lowest BCUT2D eigenvalue weighted by atomic mass is 9.79. The summed E-state index contributed by atoms with van der Waals surface area (Å²) < 4.78 is 2.02. The van der Waals surface area contributed by atoms with Gasteiger partial charge in [0.05, 0.1) is 11.9 Å². The summed E-state index contributed by atoms with van der Waals surface area (Å²) in [5.41, 5.74) is 1.18. The Bertz CT molecular complexity index is 368. The molecule has 1 aliphatic rings. The third-order valence-corrected chi connectivity index (χ3v) is 4.16. The number of nitrogens with zero attached hydrogens (tertiary/aromatic N) is 2. The van der Waals surface area contributed by atoms with Crippen LogP contribution in [0.25, 0.3) is 0 Å². The molecule has 1 aromatic rings. The molecule has 2 rings (SSSR count). The maximum Gasteiger partial charge on any atom is 0.0728 e. The van der Waals surface area contributed by atoms with Crippen LogP contribution < -0.4 is 5.32 Å². The van der Waals surface area contributed by atoms with Crippen molar-refractivity contribution in [3.8, 4) is 0 Å². The van der Waals surface area contributed by atoms with Gasteiger partial charge in [0.25, 0.3) is 0 Å². The van der Waals surface area contributed by atoms with Gasteiger partial charge in [-0.15, -0.1) is 0 Å². The van der Waals surface area contributed by atoms with E-state index in [2.05, 4.69) is 44.3 Å². The number of anilines is 1. The summed E-state index contributed by atoms with van der Waals surface area (Å²) in [6, 6.07) is 1.08. The second-order valence-electron chi connectivity index (χ2n) is 6.31. The molecule has 3 nitrogen and oxygen atoms in total. The normalized spacial score (nSPS) is 24.8. The van der Waals surface area contributed by atoms with Crippen LogP contribution >= 0.6 is 0 Å². The average molecular weight is 249 g/mol. The number of hydrogen-bond acceptors (Lipinski definition) is 2. The fourth-order valence-corrected chi connectivity index (χ4v) is 2.89. The summed E-state index contributed by atoms with van der Waals surface area (Å²) in [4.78, 5) is 0. The maximum atomic E-state index is 4.39. The van der Waals surface area contributed by atoms with Crippen molar-refractivity contribution in [1.29, 1.82) is 0 Å². The molecule has 1 aliphatic carbocycles. The summed E-state index contributed by atoms with van der Waals surface area (Å²) >= 11 is 0. The Kier molecular flexibility index (Phi) is 4.31. The Labute approximate surface area is 111 Å².